The maximum absolute atomic E-state index is 15.4. The Hall–Kier alpha value is -3.91. The van der Waals surface area contributed by atoms with Crippen molar-refractivity contribution in [1.82, 2.24) is 4.90 Å². The van der Waals surface area contributed by atoms with E-state index in [0.717, 1.165) is 23.2 Å². The van der Waals surface area contributed by atoms with E-state index in [0.29, 0.717) is 21.3 Å². The van der Waals surface area contributed by atoms with Gasteiger partial charge in [0.2, 0.25) is 0 Å². The molecule has 6 nitrogen and oxygen atoms in total. The van der Waals surface area contributed by atoms with Gasteiger partial charge in [0, 0.05) is 23.8 Å². The molecule has 0 aliphatic carbocycles. The van der Waals surface area contributed by atoms with Crippen LogP contribution in [-0.4, -0.2) is 39.6 Å². The number of aliphatic imine (C=N–C) groups is 1. The molecule has 0 radical (unpaired) electrons. The number of thioether (sulfide) groups is 1. The highest BCUT2D eigenvalue weighted by Crippen LogP contribution is 2.44. The van der Waals surface area contributed by atoms with Crippen LogP contribution in [0.4, 0.5) is 15.8 Å². The summed E-state index contributed by atoms with van der Waals surface area (Å²) in [7, 11) is 1.99. The lowest BCUT2D eigenvalue weighted by atomic mass is 9.80. The number of amidine groups is 1. The molecule has 0 bridgehead atoms. The normalized spacial score (nSPS) is 20.5. The standard InChI is InChI=1S/C31H30FN3O3S/c1-19-17-31(2,3)34(4)26-16-25(32)22(14-24(19)26)15-27-28(36)35(18-20-10-12-21(13-11-20)29(37)38)30(39-27)33-23-8-6-5-7-9-23/h5-16,19H,17-18H2,1-4H3,(H,37,38)/b27-15+,33-30?. The van der Waals surface area contributed by atoms with Gasteiger partial charge in [-0.05, 0) is 91.5 Å². The second-order valence-electron chi connectivity index (χ2n) is 10.6. The van der Waals surface area contributed by atoms with Crippen LogP contribution in [0.2, 0.25) is 0 Å². The minimum absolute atomic E-state index is 0.0813. The number of rotatable bonds is 5. The first-order valence-electron chi connectivity index (χ1n) is 12.8. The number of para-hydroxylation sites is 1. The molecule has 2 heterocycles. The van der Waals surface area contributed by atoms with E-state index in [1.54, 1.807) is 29.2 Å². The fraction of sp³-hybridized carbons (Fsp3) is 0.258. The number of fused-ring (bicyclic) bond motifs is 1. The number of carboxylic acid groups (broad SMARTS) is 1. The molecule has 1 fully saturated rings. The number of amides is 1. The second-order valence-corrected chi connectivity index (χ2v) is 11.7. The van der Waals surface area contributed by atoms with E-state index in [4.69, 9.17) is 4.99 Å². The number of hydrogen-bond acceptors (Lipinski definition) is 5. The van der Waals surface area contributed by atoms with E-state index in [9.17, 15) is 14.7 Å². The quantitative estimate of drug-likeness (QED) is 0.349. The minimum atomic E-state index is -1.01. The third-order valence-corrected chi connectivity index (χ3v) is 8.46. The Bertz CT molecular complexity index is 1500. The van der Waals surface area contributed by atoms with Crippen LogP contribution in [0.1, 0.15) is 60.2 Å². The third-order valence-electron chi connectivity index (χ3n) is 7.45. The molecular weight excluding hydrogens is 513 g/mol. The number of nitrogens with zero attached hydrogens (tertiary/aromatic N) is 3. The van der Waals surface area contributed by atoms with E-state index in [2.05, 4.69) is 25.7 Å². The molecule has 8 heteroatoms. The number of benzene rings is 3. The first-order chi connectivity index (χ1) is 18.5. The SMILES string of the molecule is CC1CC(C)(C)N(C)c2cc(F)c(/C=C3/SC(=Nc4ccccc4)N(Cc4ccc(C(=O)O)cc4)C3=O)cc21. The van der Waals surface area contributed by atoms with Crippen molar-refractivity contribution in [3.05, 3.63) is 99.7 Å². The van der Waals surface area contributed by atoms with Crippen LogP contribution in [0.15, 0.2) is 76.6 Å². The molecule has 3 aromatic carbocycles. The van der Waals surface area contributed by atoms with Gasteiger partial charge in [-0.2, -0.15) is 0 Å². The molecule has 1 saturated heterocycles. The molecule has 1 N–H and O–H groups in total. The molecule has 1 amide bonds. The lowest BCUT2D eigenvalue weighted by Crippen LogP contribution is -2.45. The number of carbonyl (C=O) groups is 2. The summed E-state index contributed by atoms with van der Waals surface area (Å²) in [6, 6.07) is 19.2. The molecule has 0 aromatic heterocycles. The smallest absolute Gasteiger partial charge is 0.335 e. The highest BCUT2D eigenvalue weighted by atomic mass is 32.2. The van der Waals surface area contributed by atoms with E-state index < -0.39 is 5.97 Å². The van der Waals surface area contributed by atoms with Crippen molar-refractivity contribution in [3.8, 4) is 0 Å². The second kappa shape index (κ2) is 10.3. The first kappa shape index (κ1) is 26.7. The fourth-order valence-corrected chi connectivity index (χ4v) is 6.12. The average Bonchev–Trinajstić information content (AvgIpc) is 3.17. The van der Waals surface area contributed by atoms with Crippen LogP contribution in [0, 0.1) is 5.82 Å². The van der Waals surface area contributed by atoms with Gasteiger partial charge in [-0.1, -0.05) is 37.3 Å². The lowest BCUT2D eigenvalue weighted by Gasteiger charge is -2.45. The zero-order chi connectivity index (χ0) is 27.9. The van der Waals surface area contributed by atoms with Crippen LogP contribution in [0.5, 0.6) is 0 Å². The average molecular weight is 544 g/mol. The van der Waals surface area contributed by atoms with E-state index >= 15 is 4.39 Å². The van der Waals surface area contributed by atoms with Crippen LogP contribution in [-0.2, 0) is 11.3 Å². The summed E-state index contributed by atoms with van der Waals surface area (Å²) in [5.41, 5.74) is 3.86. The number of carbonyl (C=O) groups excluding carboxylic acids is 1. The monoisotopic (exact) mass is 543 g/mol. The highest BCUT2D eigenvalue weighted by molar-refractivity contribution is 8.18. The minimum Gasteiger partial charge on any atom is -0.478 e. The molecule has 3 aromatic rings. The number of hydrogen-bond donors (Lipinski definition) is 1. The van der Waals surface area contributed by atoms with Crippen molar-refractivity contribution in [1.29, 1.82) is 0 Å². The van der Waals surface area contributed by atoms with Crippen molar-refractivity contribution in [2.75, 3.05) is 11.9 Å². The molecule has 1 atom stereocenters. The van der Waals surface area contributed by atoms with Gasteiger partial charge in [0.1, 0.15) is 5.82 Å². The molecule has 200 valence electrons. The molecule has 5 rings (SSSR count). The highest BCUT2D eigenvalue weighted by Gasteiger charge is 2.36. The number of halogens is 1. The van der Waals surface area contributed by atoms with Crippen LogP contribution in [0.3, 0.4) is 0 Å². The van der Waals surface area contributed by atoms with Crippen LogP contribution >= 0.6 is 11.8 Å². The Morgan fingerprint density at radius 3 is 2.51 bits per heavy atom. The maximum atomic E-state index is 15.4. The Morgan fingerprint density at radius 2 is 1.85 bits per heavy atom. The molecular formula is C31H30FN3O3S. The van der Waals surface area contributed by atoms with Gasteiger partial charge in [0.25, 0.3) is 5.91 Å². The predicted octanol–water partition coefficient (Wildman–Crippen LogP) is 7.05. The summed E-state index contributed by atoms with van der Waals surface area (Å²) < 4.78 is 15.4. The van der Waals surface area contributed by atoms with Crippen molar-refractivity contribution < 1.29 is 19.1 Å². The Kier molecular flexibility index (Phi) is 7.07. The molecule has 2 aliphatic heterocycles. The van der Waals surface area contributed by atoms with Crippen LogP contribution < -0.4 is 4.90 Å². The van der Waals surface area contributed by atoms with Crippen molar-refractivity contribution >= 4 is 46.3 Å². The zero-order valence-electron chi connectivity index (χ0n) is 22.3. The number of carboxylic acids is 1. The topological polar surface area (TPSA) is 73.2 Å². The summed E-state index contributed by atoms with van der Waals surface area (Å²) in [6.45, 7) is 6.68. The first-order valence-corrected chi connectivity index (χ1v) is 13.6. The summed E-state index contributed by atoms with van der Waals surface area (Å²) in [4.78, 5) is 33.6. The van der Waals surface area contributed by atoms with Crippen molar-refractivity contribution in [3.63, 3.8) is 0 Å². The summed E-state index contributed by atoms with van der Waals surface area (Å²) in [5.74, 6) is -1.42. The van der Waals surface area contributed by atoms with Gasteiger partial charge in [-0.15, -0.1) is 0 Å². The predicted molar refractivity (Wildman–Crippen MR) is 155 cm³/mol. The van der Waals surface area contributed by atoms with Gasteiger partial charge in [-0.3, -0.25) is 9.69 Å². The fourth-order valence-electron chi connectivity index (χ4n) is 5.14. The van der Waals surface area contributed by atoms with Gasteiger partial charge in [-0.25, -0.2) is 14.2 Å². The van der Waals surface area contributed by atoms with Gasteiger partial charge < -0.3 is 10.0 Å². The summed E-state index contributed by atoms with van der Waals surface area (Å²) in [5, 5.41) is 9.69. The maximum Gasteiger partial charge on any atom is 0.335 e. The molecule has 1 unspecified atom stereocenters. The Labute approximate surface area is 231 Å². The van der Waals surface area contributed by atoms with Gasteiger partial charge in [0.15, 0.2) is 5.17 Å². The zero-order valence-corrected chi connectivity index (χ0v) is 23.1. The molecule has 2 aliphatic rings. The van der Waals surface area contributed by atoms with Gasteiger partial charge in [0.05, 0.1) is 22.7 Å². The molecule has 39 heavy (non-hydrogen) atoms. The van der Waals surface area contributed by atoms with Crippen molar-refractivity contribution in [2.24, 2.45) is 4.99 Å². The lowest BCUT2D eigenvalue weighted by molar-refractivity contribution is -0.122. The van der Waals surface area contributed by atoms with E-state index in [1.807, 2.05) is 43.4 Å². The van der Waals surface area contributed by atoms with Crippen LogP contribution in [0.25, 0.3) is 6.08 Å². The van der Waals surface area contributed by atoms with E-state index in [1.165, 1.54) is 23.9 Å². The van der Waals surface area contributed by atoms with Crippen molar-refractivity contribution in [2.45, 2.75) is 45.2 Å². The molecule has 0 spiro atoms. The Morgan fingerprint density at radius 1 is 1.15 bits per heavy atom. The van der Waals surface area contributed by atoms with Gasteiger partial charge >= 0.3 is 5.97 Å². The Balaban J connectivity index is 1.51. The number of aromatic carboxylic acids is 1. The van der Waals surface area contributed by atoms with E-state index in [-0.39, 0.29) is 35.3 Å². The largest absolute Gasteiger partial charge is 0.478 e. The summed E-state index contributed by atoms with van der Waals surface area (Å²) in [6.07, 6.45) is 2.55. The molecule has 0 saturated carbocycles. The summed E-state index contributed by atoms with van der Waals surface area (Å²) >= 11 is 1.21. The number of anilines is 1. The third kappa shape index (κ3) is 5.34.